The van der Waals surface area contributed by atoms with Crippen LogP contribution in [0.3, 0.4) is 0 Å². The van der Waals surface area contributed by atoms with Gasteiger partial charge in [-0.3, -0.25) is 4.79 Å². The number of methoxy groups -OCH3 is 1. The van der Waals surface area contributed by atoms with Crippen LogP contribution >= 0.6 is 0 Å². The summed E-state index contributed by atoms with van der Waals surface area (Å²) in [5.74, 6) is -3.22. The van der Waals surface area contributed by atoms with Crippen LogP contribution < -0.4 is 0 Å². The molecule has 1 aromatic carbocycles. The molecule has 0 fully saturated rings. The molecule has 0 amide bonds. The maximum Gasteiger partial charge on any atom is 0.347 e. The summed E-state index contributed by atoms with van der Waals surface area (Å²) in [5.41, 5.74) is -0.0800. The summed E-state index contributed by atoms with van der Waals surface area (Å²) in [6, 6.07) is 5.68. The molecular formula is C19H26O10S. The molecule has 0 heterocycles. The van der Waals surface area contributed by atoms with Crippen molar-refractivity contribution in [2.24, 2.45) is 5.92 Å². The van der Waals surface area contributed by atoms with E-state index in [4.69, 9.17) is 23.7 Å². The maximum absolute atomic E-state index is 12.1. The van der Waals surface area contributed by atoms with E-state index >= 15 is 0 Å². The third-order valence-corrected chi connectivity index (χ3v) is 4.42. The smallest absolute Gasteiger partial charge is 0.347 e. The molecule has 3 unspecified atom stereocenters. The van der Waals surface area contributed by atoms with E-state index < -0.39 is 41.0 Å². The predicted octanol–water partition coefficient (Wildman–Crippen LogP) is 1.20. The van der Waals surface area contributed by atoms with E-state index in [2.05, 4.69) is 0 Å². The number of carbonyl (C=O) groups is 3. The SMILES string of the molecule is COCCOCCOC(=O)C(C)OC(=O)C(C)COC(=O)c1ccccc1S(=O)O. The molecule has 1 N–H and O–H groups in total. The molecule has 30 heavy (non-hydrogen) atoms. The Kier molecular flexibility index (Phi) is 11.8. The standard InChI is InChI=1S/C19H26O10S/c1-13(12-28-19(22)15-6-4-5-7-16(15)30(23)24)17(20)29-14(2)18(21)27-11-10-26-9-8-25-3/h4-7,13-14H,8-12H2,1-3H3,(H,23,24). The number of esters is 3. The molecule has 0 bridgehead atoms. The summed E-state index contributed by atoms with van der Waals surface area (Å²) in [6.45, 7) is 3.46. The van der Waals surface area contributed by atoms with Crippen molar-refractivity contribution in [1.82, 2.24) is 0 Å². The first kappa shape index (κ1) is 25.7. The normalized spacial score (nSPS) is 13.7. The summed E-state index contributed by atoms with van der Waals surface area (Å²) in [5, 5.41) is 0. The van der Waals surface area contributed by atoms with Crippen LogP contribution in [0.2, 0.25) is 0 Å². The van der Waals surface area contributed by atoms with Gasteiger partial charge in [-0.15, -0.1) is 0 Å². The molecule has 0 aliphatic rings. The average Bonchev–Trinajstić information content (AvgIpc) is 2.73. The summed E-state index contributed by atoms with van der Waals surface area (Å²) < 4.78 is 45.4. The highest BCUT2D eigenvalue weighted by Gasteiger charge is 2.25. The van der Waals surface area contributed by atoms with E-state index in [0.29, 0.717) is 13.2 Å². The van der Waals surface area contributed by atoms with E-state index in [1.165, 1.54) is 45.2 Å². The Morgan fingerprint density at radius 1 is 1.00 bits per heavy atom. The van der Waals surface area contributed by atoms with Gasteiger partial charge < -0.3 is 28.2 Å². The zero-order valence-electron chi connectivity index (χ0n) is 17.0. The molecule has 0 aliphatic heterocycles. The summed E-state index contributed by atoms with van der Waals surface area (Å²) in [6.07, 6.45) is -1.15. The van der Waals surface area contributed by atoms with Crippen LogP contribution in [-0.4, -0.2) is 72.9 Å². The third-order valence-electron chi connectivity index (χ3n) is 3.69. The molecule has 11 heteroatoms. The lowest BCUT2D eigenvalue weighted by Gasteiger charge is -2.16. The summed E-state index contributed by atoms with van der Waals surface area (Å²) in [7, 11) is 1.54. The van der Waals surface area contributed by atoms with Gasteiger partial charge in [0.15, 0.2) is 17.2 Å². The highest BCUT2D eigenvalue weighted by Crippen LogP contribution is 2.14. The fourth-order valence-electron chi connectivity index (χ4n) is 2.04. The monoisotopic (exact) mass is 446 g/mol. The van der Waals surface area contributed by atoms with Gasteiger partial charge in [0, 0.05) is 7.11 Å². The fraction of sp³-hybridized carbons (Fsp3) is 0.526. The Morgan fingerprint density at radius 2 is 1.67 bits per heavy atom. The van der Waals surface area contributed by atoms with Crippen molar-refractivity contribution in [3.8, 4) is 0 Å². The largest absolute Gasteiger partial charge is 0.461 e. The van der Waals surface area contributed by atoms with Crippen molar-refractivity contribution in [2.45, 2.75) is 24.8 Å². The molecule has 0 spiro atoms. The van der Waals surface area contributed by atoms with Crippen molar-refractivity contribution in [2.75, 3.05) is 40.1 Å². The minimum Gasteiger partial charge on any atom is -0.461 e. The Morgan fingerprint density at radius 3 is 2.33 bits per heavy atom. The predicted molar refractivity (Wildman–Crippen MR) is 104 cm³/mol. The number of benzene rings is 1. The molecule has 1 rings (SSSR count). The van der Waals surface area contributed by atoms with Crippen molar-refractivity contribution in [3.05, 3.63) is 29.8 Å². The van der Waals surface area contributed by atoms with Crippen LogP contribution in [0.5, 0.6) is 0 Å². The van der Waals surface area contributed by atoms with E-state index in [0.717, 1.165) is 0 Å². The van der Waals surface area contributed by atoms with Crippen LogP contribution in [0.1, 0.15) is 24.2 Å². The van der Waals surface area contributed by atoms with E-state index in [1.54, 1.807) is 0 Å². The minimum atomic E-state index is -2.36. The molecule has 3 atom stereocenters. The van der Waals surface area contributed by atoms with Gasteiger partial charge in [0.1, 0.15) is 13.2 Å². The molecule has 10 nitrogen and oxygen atoms in total. The topological polar surface area (TPSA) is 135 Å². The van der Waals surface area contributed by atoms with Crippen LogP contribution in [0, 0.1) is 5.92 Å². The van der Waals surface area contributed by atoms with Gasteiger partial charge >= 0.3 is 17.9 Å². The minimum absolute atomic E-state index is 0.00322. The summed E-state index contributed by atoms with van der Waals surface area (Å²) in [4.78, 5) is 35.9. The van der Waals surface area contributed by atoms with Crippen LogP contribution in [0.15, 0.2) is 29.2 Å². The number of hydrogen-bond donors (Lipinski definition) is 1. The highest BCUT2D eigenvalue weighted by atomic mass is 32.2. The van der Waals surface area contributed by atoms with Crippen LogP contribution in [0.4, 0.5) is 0 Å². The van der Waals surface area contributed by atoms with Gasteiger partial charge in [0.25, 0.3) is 0 Å². The van der Waals surface area contributed by atoms with E-state index in [1.807, 2.05) is 0 Å². The third kappa shape index (κ3) is 8.99. The van der Waals surface area contributed by atoms with Crippen molar-refractivity contribution < 1.29 is 46.8 Å². The Bertz CT molecular complexity index is 736. The van der Waals surface area contributed by atoms with E-state index in [9.17, 15) is 23.1 Å². The first-order valence-electron chi connectivity index (χ1n) is 9.08. The van der Waals surface area contributed by atoms with Gasteiger partial charge in [-0.1, -0.05) is 12.1 Å². The fourth-order valence-corrected chi connectivity index (χ4v) is 2.57. The maximum atomic E-state index is 12.1. The van der Waals surface area contributed by atoms with Gasteiger partial charge in [-0.25, -0.2) is 13.8 Å². The lowest BCUT2D eigenvalue weighted by molar-refractivity contribution is -0.170. The first-order chi connectivity index (χ1) is 14.3. The van der Waals surface area contributed by atoms with Crippen molar-refractivity contribution >= 4 is 29.0 Å². The Labute approximate surface area is 177 Å². The molecule has 0 saturated heterocycles. The van der Waals surface area contributed by atoms with Gasteiger partial charge in [0.05, 0.1) is 36.2 Å². The second kappa shape index (κ2) is 13.8. The molecule has 0 aromatic heterocycles. The van der Waals surface area contributed by atoms with Crippen LogP contribution in [-0.2, 0) is 44.4 Å². The molecule has 0 saturated carbocycles. The van der Waals surface area contributed by atoms with E-state index in [-0.39, 0.29) is 30.3 Å². The van der Waals surface area contributed by atoms with Gasteiger partial charge in [-0.05, 0) is 26.0 Å². The second-order valence-electron chi connectivity index (χ2n) is 6.10. The molecular weight excluding hydrogens is 420 g/mol. The second-order valence-corrected chi connectivity index (χ2v) is 7.03. The lowest BCUT2D eigenvalue weighted by atomic mass is 10.2. The number of rotatable bonds is 13. The lowest BCUT2D eigenvalue weighted by Crippen LogP contribution is -2.31. The van der Waals surface area contributed by atoms with Crippen molar-refractivity contribution in [3.63, 3.8) is 0 Å². The van der Waals surface area contributed by atoms with Crippen LogP contribution in [0.25, 0.3) is 0 Å². The Balaban J connectivity index is 2.41. The van der Waals surface area contributed by atoms with Crippen molar-refractivity contribution in [1.29, 1.82) is 0 Å². The Hall–Kier alpha value is -2.34. The average molecular weight is 446 g/mol. The first-order valence-corrected chi connectivity index (χ1v) is 10.2. The molecule has 1 aromatic rings. The molecule has 168 valence electrons. The summed E-state index contributed by atoms with van der Waals surface area (Å²) >= 11 is -2.36. The molecule has 0 aliphatic carbocycles. The highest BCUT2D eigenvalue weighted by molar-refractivity contribution is 7.79. The quantitative estimate of drug-likeness (QED) is 0.204. The molecule has 0 radical (unpaired) electrons. The number of ether oxygens (including phenoxy) is 5. The zero-order valence-corrected chi connectivity index (χ0v) is 17.8. The van der Waals surface area contributed by atoms with Gasteiger partial charge in [0.2, 0.25) is 0 Å². The zero-order chi connectivity index (χ0) is 22.5. The number of hydrogen-bond acceptors (Lipinski definition) is 9. The number of carbonyl (C=O) groups excluding carboxylic acids is 3. The van der Waals surface area contributed by atoms with Gasteiger partial charge in [-0.2, -0.15) is 0 Å².